The zero-order valence-corrected chi connectivity index (χ0v) is 10.3. The summed E-state index contributed by atoms with van der Waals surface area (Å²) in [5.41, 5.74) is 1.28. The van der Waals surface area contributed by atoms with Crippen LogP contribution < -0.4 is 5.32 Å². The SMILES string of the molecule is CC(C)CC1CN(Cc2ccoc2)CCN1. The van der Waals surface area contributed by atoms with Crippen molar-refractivity contribution in [3.8, 4) is 0 Å². The molecule has 1 aromatic heterocycles. The van der Waals surface area contributed by atoms with Gasteiger partial charge in [-0.15, -0.1) is 0 Å². The largest absolute Gasteiger partial charge is 0.472 e. The van der Waals surface area contributed by atoms with Crippen molar-refractivity contribution in [1.82, 2.24) is 10.2 Å². The molecule has 0 bridgehead atoms. The summed E-state index contributed by atoms with van der Waals surface area (Å²) < 4.78 is 5.11. The van der Waals surface area contributed by atoms with Crippen molar-refractivity contribution in [2.24, 2.45) is 5.92 Å². The van der Waals surface area contributed by atoms with Crippen molar-refractivity contribution in [2.75, 3.05) is 19.6 Å². The van der Waals surface area contributed by atoms with Gasteiger partial charge in [-0.05, 0) is 18.4 Å². The van der Waals surface area contributed by atoms with Crippen LogP contribution in [0.2, 0.25) is 0 Å². The Hall–Kier alpha value is -0.800. The first-order valence-electron chi connectivity index (χ1n) is 6.21. The first-order valence-corrected chi connectivity index (χ1v) is 6.21. The maximum Gasteiger partial charge on any atom is 0.0947 e. The van der Waals surface area contributed by atoms with Gasteiger partial charge in [0.05, 0.1) is 12.5 Å². The molecule has 1 aromatic rings. The van der Waals surface area contributed by atoms with E-state index in [-0.39, 0.29) is 0 Å². The normalized spacial score (nSPS) is 22.8. The molecule has 0 aliphatic carbocycles. The fourth-order valence-corrected chi connectivity index (χ4v) is 2.41. The molecule has 3 heteroatoms. The lowest BCUT2D eigenvalue weighted by Crippen LogP contribution is -2.50. The summed E-state index contributed by atoms with van der Waals surface area (Å²) >= 11 is 0. The minimum Gasteiger partial charge on any atom is -0.472 e. The van der Waals surface area contributed by atoms with E-state index in [9.17, 15) is 0 Å². The Bertz CT molecular complexity index is 295. The molecule has 90 valence electrons. The van der Waals surface area contributed by atoms with Gasteiger partial charge in [0.1, 0.15) is 0 Å². The van der Waals surface area contributed by atoms with E-state index in [1.165, 1.54) is 12.0 Å². The van der Waals surface area contributed by atoms with Gasteiger partial charge in [0.15, 0.2) is 0 Å². The number of piperazine rings is 1. The Kier molecular flexibility index (Phi) is 4.02. The van der Waals surface area contributed by atoms with Crippen LogP contribution in [-0.2, 0) is 6.54 Å². The standard InChI is InChI=1S/C13H22N2O/c1-11(2)7-13-9-15(5-4-14-13)8-12-3-6-16-10-12/h3,6,10-11,13-14H,4-5,7-9H2,1-2H3. The molecule has 3 nitrogen and oxygen atoms in total. The van der Waals surface area contributed by atoms with E-state index >= 15 is 0 Å². The van der Waals surface area contributed by atoms with Crippen LogP contribution in [0.4, 0.5) is 0 Å². The lowest BCUT2D eigenvalue weighted by atomic mass is 10.0. The van der Waals surface area contributed by atoms with Crippen molar-refractivity contribution in [1.29, 1.82) is 0 Å². The van der Waals surface area contributed by atoms with Gasteiger partial charge in [-0.2, -0.15) is 0 Å². The summed E-state index contributed by atoms with van der Waals surface area (Å²) in [5.74, 6) is 0.770. The van der Waals surface area contributed by atoms with E-state index in [0.717, 1.165) is 32.1 Å². The second-order valence-electron chi connectivity index (χ2n) is 5.15. The summed E-state index contributed by atoms with van der Waals surface area (Å²) in [4.78, 5) is 2.51. The maximum atomic E-state index is 5.11. The molecule has 16 heavy (non-hydrogen) atoms. The molecule has 0 radical (unpaired) electrons. The highest BCUT2D eigenvalue weighted by molar-refractivity contribution is 5.05. The van der Waals surface area contributed by atoms with E-state index in [1.807, 2.05) is 6.26 Å². The maximum absolute atomic E-state index is 5.11. The van der Waals surface area contributed by atoms with Gasteiger partial charge in [-0.3, -0.25) is 4.90 Å². The van der Waals surface area contributed by atoms with Crippen LogP contribution in [0.3, 0.4) is 0 Å². The number of hydrogen-bond donors (Lipinski definition) is 1. The second kappa shape index (κ2) is 5.51. The van der Waals surface area contributed by atoms with Crippen molar-refractivity contribution < 1.29 is 4.42 Å². The van der Waals surface area contributed by atoms with Gasteiger partial charge >= 0.3 is 0 Å². The van der Waals surface area contributed by atoms with Crippen molar-refractivity contribution in [3.63, 3.8) is 0 Å². The third-order valence-electron chi connectivity index (χ3n) is 3.08. The average molecular weight is 222 g/mol. The summed E-state index contributed by atoms with van der Waals surface area (Å²) in [6.07, 6.45) is 4.87. The van der Waals surface area contributed by atoms with Gasteiger partial charge < -0.3 is 9.73 Å². The summed E-state index contributed by atoms with van der Waals surface area (Å²) in [7, 11) is 0. The van der Waals surface area contributed by atoms with E-state index in [2.05, 4.69) is 30.1 Å². The average Bonchev–Trinajstić information content (AvgIpc) is 2.70. The highest BCUT2D eigenvalue weighted by Gasteiger charge is 2.20. The van der Waals surface area contributed by atoms with Crippen LogP contribution in [0, 0.1) is 5.92 Å². The van der Waals surface area contributed by atoms with E-state index < -0.39 is 0 Å². The van der Waals surface area contributed by atoms with Gasteiger partial charge in [0.25, 0.3) is 0 Å². The van der Waals surface area contributed by atoms with Gasteiger partial charge in [-0.1, -0.05) is 13.8 Å². The molecule has 0 amide bonds. The highest BCUT2D eigenvalue weighted by Crippen LogP contribution is 2.12. The Balaban J connectivity index is 1.82. The predicted molar refractivity (Wildman–Crippen MR) is 65.2 cm³/mol. The Morgan fingerprint density at radius 3 is 3.12 bits per heavy atom. The molecule has 0 aromatic carbocycles. The van der Waals surface area contributed by atoms with E-state index in [0.29, 0.717) is 6.04 Å². The lowest BCUT2D eigenvalue weighted by molar-refractivity contribution is 0.179. The predicted octanol–water partition coefficient (Wildman–Crippen LogP) is 2.10. The molecule has 1 aliphatic heterocycles. The van der Waals surface area contributed by atoms with E-state index in [4.69, 9.17) is 4.42 Å². The Morgan fingerprint density at radius 2 is 2.44 bits per heavy atom. The fraction of sp³-hybridized carbons (Fsp3) is 0.692. The molecule has 2 rings (SSSR count). The number of furan rings is 1. The zero-order chi connectivity index (χ0) is 11.4. The van der Waals surface area contributed by atoms with Crippen LogP contribution in [0.5, 0.6) is 0 Å². The first-order chi connectivity index (χ1) is 7.74. The van der Waals surface area contributed by atoms with E-state index in [1.54, 1.807) is 6.26 Å². The zero-order valence-electron chi connectivity index (χ0n) is 10.3. The first kappa shape index (κ1) is 11.7. The minimum absolute atomic E-state index is 0.653. The van der Waals surface area contributed by atoms with Crippen molar-refractivity contribution in [2.45, 2.75) is 32.9 Å². The highest BCUT2D eigenvalue weighted by atomic mass is 16.3. The Morgan fingerprint density at radius 1 is 1.56 bits per heavy atom. The van der Waals surface area contributed by atoms with Gasteiger partial charge in [-0.25, -0.2) is 0 Å². The summed E-state index contributed by atoms with van der Waals surface area (Å²) in [5, 5.41) is 3.59. The minimum atomic E-state index is 0.653. The van der Waals surface area contributed by atoms with Gasteiger partial charge in [0.2, 0.25) is 0 Å². The van der Waals surface area contributed by atoms with Crippen LogP contribution in [0.1, 0.15) is 25.8 Å². The molecule has 2 heterocycles. The molecule has 1 atom stereocenters. The summed E-state index contributed by atoms with van der Waals surface area (Å²) in [6.45, 7) is 9.00. The van der Waals surface area contributed by atoms with Crippen molar-refractivity contribution in [3.05, 3.63) is 24.2 Å². The molecule has 0 spiro atoms. The third kappa shape index (κ3) is 3.35. The Labute approximate surface area is 97.8 Å². The molecule has 1 saturated heterocycles. The van der Waals surface area contributed by atoms with Crippen LogP contribution in [0.15, 0.2) is 23.0 Å². The molecular weight excluding hydrogens is 200 g/mol. The fourth-order valence-electron chi connectivity index (χ4n) is 2.41. The van der Waals surface area contributed by atoms with Crippen LogP contribution >= 0.6 is 0 Å². The monoisotopic (exact) mass is 222 g/mol. The van der Waals surface area contributed by atoms with Crippen LogP contribution in [0.25, 0.3) is 0 Å². The van der Waals surface area contributed by atoms with Crippen LogP contribution in [-0.4, -0.2) is 30.6 Å². The molecule has 1 aliphatic rings. The van der Waals surface area contributed by atoms with Gasteiger partial charge in [0, 0.05) is 37.8 Å². The number of nitrogens with zero attached hydrogens (tertiary/aromatic N) is 1. The topological polar surface area (TPSA) is 28.4 Å². The third-order valence-corrected chi connectivity index (χ3v) is 3.08. The number of hydrogen-bond acceptors (Lipinski definition) is 3. The lowest BCUT2D eigenvalue weighted by Gasteiger charge is -2.34. The molecule has 1 N–H and O–H groups in total. The van der Waals surface area contributed by atoms with Crippen molar-refractivity contribution >= 4 is 0 Å². The molecular formula is C13H22N2O. The number of rotatable bonds is 4. The quantitative estimate of drug-likeness (QED) is 0.845. The molecule has 1 fully saturated rings. The number of nitrogens with one attached hydrogen (secondary N) is 1. The summed E-state index contributed by atoms with van der Waals surface area (Å²) in [6, 6.07) is 2.71. The molecule has 0 saturated carbocycles. The molecule has 1 unspecified atom stereocenters. The smallest absolute Gasteiger partial charge is 0.0947 e. The second-order valence-corrected chi connectivity index (χ2v) is 5.15.